The number of carbonyl (C=O) groups excluding carboxylic acids is 1. The summed E-state index contributed by atoms with van der Waals surface area (Å²) in [5, 5.41) is 64.8. The van der Waals surface area contributed by atoms with Gasteiger partial charge in [0.2, 0.25) is 5.91 Å². The number of allylic oxidation sites excluding steroid dienone is 7. The Kier molecular flexibility index (Phi) is 41.0. The van der Waals surface area contributed by atoms with Crippen LogP contribution < -0.4 is 5.32 Å². The second-order valence-corrected chi connectivity index (χ2v) is 18.4. The topological polar surface area (TPSA) is 169 Å². The molecule has 0 aliphatic carbocycles. The zero-order valence-corrected chi connectivity index (χ0v) is 40.9. The summed E-state index contributed by atoms with van der Waals surface area (Å²) in [7, 11) is 0. The van der Waals surface area contributed by atoms with E-state index in [0.29, 0.717) is 19.3 Å². The molecule has 0 radical (unpaired) electrons. The summed E-state index contributed by atoms with van der Waals surface area (Å²) in [4.78, 5) is 13.1. The lowest BCUT2D eigenvalue weighted by Crippen LogP contribution is -2.60. The molecule has 1 fully saturated rings. The molecule has 10 heteroatoms. The van der Waals surface area contributed by atoms with Crippen molar-refractivity contribution in [2.45, 2.75) is 275 Å². The van der Waals surface area contributed by atoms with E-state index in [4.69, 9.17) is 9.47 Å². The largest absolute Gasteiger partial charge is 0.394 e. The molecular formula is C54H99NO9. The Morgan fingerprint density at radius 3 is 1.36 bits per heavy atom. The maximum atomic E-state index is 13.1. The van der Waals surface area contributed by atoms with E-state index < -0.39 is 61.5 Å². The predicted octanol–water partition coefficient (Wildman–Crippen LogP) is 11.1. The van der Waals surface area contributed by atoms with Gasteiger partial charge in [0.15, 0.2) is 6.29 Å². The van der Waals surface area contributed by atoms with E-state index in [9.17, 15) is 35.4 Å². The van der Waals surface area contributed by atoms with Gasteiger partial charge in [-0.25, -0.2) is 0 Å². The maximum Gasteiger partial charge on any atom is 0.249 e. The van der Waals surface area contributed by atoms with Gasteiger partial charge in [-0.3, -0.25) is 4.79 Å². The molecule has 1 heterocycles. The molecule has 1 amide bonds. The van der Waals surface area contributed by atoms with E-state index in [1.165, 1.54) is 141 Å². The molecule has 8 unspecified atom stereocenters. The van der Waals surface area contributed by atoms with E-state index in [0.717, 1.165) is 51.4 Å². The average Bonchev–Trinajstić information content (AvgIpc) is 3.29. The van der Waals surface area contributed by atoms with Crippen LogP contribution >= 0.6 is 0 Å². The molecule has 1 saturated heterocycles. The molecule has 1 aliphatic rings. The summed E-state index contributed by atoms with van der Waals surface area (Å²) in [5.41, 5.74) is 0. The van der Waals surface area contributed by atoms with E-state index in [1.54, 1.807) is 6.08 Å². The van der Waals surface area contributed by atoms with Crippen LogP contribution in [0.5, 0.6) is 0 Å². The van der Waals surface area contributed by atoms with Crippen LogP contribution in [0.1, 0.15) is 226 Å². The number of nitrogens with one attached hydrogen (secondary N) is 1. The molecule has 0 aromatic rings. The first kappa shape index (κ1) is 60.1. The first-order valence-corrected chi connectivity index (χ1v) is 26.5. The Balaban J connectivity index is 2.36. The summed E-state index contributed by atoms with van der Waals surface area (Å²) in [6, 6.07) is -1.01. The monoisotopic (exact) mass is 906 g/mol. The fourth-order valence-corrected chi connectivity index (χ4v) is 8.13. The van der Waals surface area contributed by atoms with Gasteiger partial charge in [-0.2, -0.15) is 0 Å². The van der Waals surface area contributed by atoms with Crippen molar-refractivity contribution in [2.75, 3.05) is 13.2 Å². The Bertz CT molecular complexity index is 1160. The van der Waals surface area contributed by atoms with Gasteiger partial charge in [-0.05, 0) is 70.6 Å². The summed E-state index contributed by atoms with van der Waals surface area (Å²) in [5.74, 6) is -0.635. The highest BCUT2D eigenvalue weighted by molar-refractivity contribution is 5.80. The number of aliphatic hydroxyl groups is 6. The van der Waals surface area contributed by atoms with Gasteiger partial charge in [0.1, 0.15) is 30.5 Å². The summed E-state index contributed by atoms with van der Waals surface area (Å²) < 4.78 is 11.1. The molecule has 10 nitrogen and oxygen atoms in total. The third-order valence-electron chi connectivity index (χ3n) is 12.5. The smallest absolute Gasteiger partial charge is 0.249 e. The van der Waals surface area contributed by atoms with Gasteiger partial charge in [0, 0.05) is 0 Å². The van der Waals surface area contributed by atoms with Crippen molar-refractivity contribution in [3.8, 4) is 0 Å². The standard InChI is InChI=1S/C54H99NO9/c1-3-5-7-9-11-13-15-17-19-21-22-23-24-25-27-29-31-33-35-37-39-41-43-48(58)53(62)55-46(45-63-54-52(61)51(60)50(59)49(44-56)64-54)47(57)42-40-38-36-34-32-30-28-26-20-18-16-14-12-10-8-6-4-2/h20,25-27,32,34,40,42,46-52,54,56-61H,3-19,21-24,28-31,33,35-39,41,43-45H2,1-2H3,(H,55,62)/b26-20+,27-25-,34-32+,42-40+. The molecular weight excluding hydrogens is 807 g/mol. The van der Waals surface area contributed by atoms with Crippen molar-refractivity contribution < 1.29 is 44.9 Å². The lowest BCUT2D eigenvalue weighted by Gasteiger charge is -2.40. The van der Waals surface area contributed by atoms with Gasteiger partial charge >= 0.3 is 0 Å². The number of amides is 1. The lowest BCUT2D eigenvalue weighted by molar-refractivity contribution is -0.302. The normalized spacial score (nSPS) is 20.9. The zero-order chi connectivity index (χ0) is 46.7. The first-order valence-electron chi connectivity index (χ1n) is 26.5. The molecule has 1 aliphatic heterocycles. The number of aliphatic hydroxyl groups excluding tert-OH is 6. The van der Waals surface area contributed by atoms with Crippen molar-refractivity contribution in [1.82, 2.24) is 5.32 Å². The van der Waals surface area contributed by atoms with Gasteiger partial charge in [0.25, 0.3) is 0 Å². The van der Waals surface area contributed by atoms with Crippen LogP contribution in [0.15, 0.2) is 48.6 Å². The molecule has 0 aromatic carbocycles. The lowest BCUT2D eigenvalue weighted by atomic mass is 9.99. The Morgan fingerprint density at radius 2 is 0.922 bits per heavy atom. The van der Waals surface area contributed by atoms with Crippen LogP contribution in [0.4, 0.5) is 0 Å². The molecule has 0 saturated carbocycles. The van der Waals surface area contributed by atoms with Crippen LogP contribution in [0.25, 0.3) is 0 Å². The molecule has 64 heavy (non-hydrogen) atoms. The molecule has 0 bridgehead atoms. The zero-order valence-electron chi connectivity index (χ0n) is 40.9. The second kappa shape index (κ2) is 43.7. The molecule has 0 spiro atoms. The third-order valence-corrected chi connectivity index (χ3v) is 12.5. The van der Waals surface area contributed by atoms with Crippen LogP contribution in [0.3, 0.4) is 0 Å². The summed E-state index contributed by atoms with van der Waals surface area (Å²) in [6.45, 7) is 3.59. The molecule has 0 aromatic heterocycles. The van der Waals surface area contributed by atoms with Gasteiger partial charge in [-0.1, -0.05) is 204 Å². The number of ether oxygens (including phenoxy) is 2. The van der Waals surface area contributed by atoms with Gasteiger partial charge < -0.3 is 45.4 Å². The second-order valence-electron chi connectivity index (χ2n) is 18.4. The SMILES string of the molecule is CCCCCCCCC/C=C/CC/C=C/CC/C=C/C(O)C(COC1OC(CO)C(O)C(O)C1O)NC(=O)C(O)CCCCCCCC/C=C\CCCCCCCCCCCCCC. The predicted molar refractivity (Wildman–Crippen MR) is 264 cm³/mol. The fourth-order valence-electron chi connectivity index (χ4n) is 8.13. The highest BCUT2D eigenvalue weighted by Gasteiger charge is 2.44. The number of unbranched alkanes of at least 4 members (excludes halogenated alkanes) is 27. The Hall–Kier alpha value is -1.89. The first-order chi connectivity index (χ1) is 31.3. The highest BCUT2D eigenvalue weighted by atomic mass is 16.7. The quantitative estimate of drug-likeness (QED) is 0.0232. The van der Waals surface area contributed by atoms with Crippen molar-refractivity contribution >= 4 is 5.91 Å². The molecule has 8 atom stereocenters. The molecule has 1 rings (SSSR count). The fraction of sp³-hybridized carbons (Fsp3) is 0.833. The van der Waals surface area contributed by atoms with Crippen LogP contribution in [0, 0.1) is 0 Å². The van der Waals surface area contributed by atoms with E-state index >= 15 is 0 Å². The Morgan fingerprint density at radius 1 is 0.531 bits per heavy atom. The number of carbonyl (C=O) groups is 1. The van der Waals surface area contributed by atoms with Crippen molar-refractivity contribution in [1.29, 1.82) is 0 Å². The summed E-state index contributed by atoms with van der Waals surface area (Å²) >= 11 is 0. The van der Waals surface area contributed by atoms with Gasteiger partial charge in [-0.15, -0.1) is 0 Å². The van der Waals surface area contributed by atoms with Crippen molar-refractivity contribution in [3.05, 3.63) is 48.6 Å². The average molecular weight is 906 g/mol. The number of hydrogen-bond acceptors (Lipinski definition) is 9. The minimum Gasteiger partial charge on any atom is -0.394 e. The van der Waals surface area contributed by atoms with E-state index in [-0.39, 0.29) is 6.61 Å². The maximum absolute atomic E-state index is 13.1. The van der Waals surface area contributed by atoms with Gasteiger partial charge in [0.05, 0.1) is 25.4 Å². The Labute approximate surface area is 391 Å². The molecule has 7 N–H and O–H groups in total. The molecule has 374 valence electrons. The van der Waals surface area contributed by atoms with E-state index in [1.807, 2.05) is 6.08 Å². The van der Waals surface area contributed by atoms with Crippen molar-refractivity contribution in [3.63, 3.8) is 0 Å². The van der Waals surface area contributed by atoms with Crippen LogP contribution in [-0.4, -0.2) is 98.7 Å². The van der Waals surface area contributed by atoms with Crippen LogP contribution in [0.2, 0.25) is 0 Å². The van der Waals surface area contributed by atoms with Crippen LogP contribution in [-0.2, 0) is 14.3 Å². The minimum atomic E-state index is -1.62. The third kappa shape index (κ3) is 32.7. The minimum absolute atomic E-state index is 0.293. The summed E-state index contributed by atoms with van der Waals surface area (Å²) in [6.07, 6.45) is 46.3. The van der Waals surface area contributed by atoms with Crippen molar-refractivity contribution in [2.24, 2.45) is 0 Å². The van der Waals surface area contributed by atoms with E-state index in [2.05, 4.69) is 55.6 Å². The number of hydrogen-bond donors (Lipinski definition) is 7. The number of rotatable bonds is 44. The highest BCUT2D eigenvalue weighted by Crippen LogP contribution is 2.23.